The van der Waals surface area contributed by atoms with E-state index in [9.17, 15) is 14.9 Å². The molecule has 8 nitrogen and oxygen atoms in total. The van der Waals surface area contributed by atoms with Gasteiger partial charge in [0, 0.05) is 17.7 Å². The molecule has 1 aliphatic carbocycles. The molecule has 180 valence electrons. The molecule has 0 spiro atoms. The molecule has 0 radical (unpaired) electrons. The Morgan fingerprint density at radius 1 is 1.11 bits per heavy atom. The highest BCUT2D eigenvalue weighted by molar-refractivity contribution is 6.00. The van der Waals surface area contributed by atoms with Crippen LogP contribution < -0.4 is 15.9 Å². The molecule has 8 heteroatoms. The summed E-state index contributed by atoms with van der Waals surface area (Å²) in [6, 6.07) is 22.5. The van der Waals surface area contributed by atoms with E-state index in [2.05, 4.69) is 11.5 Å². The smallest absolute Gasteiger partial charge is 0.305 e. The second-order valence-electron chi connectivity index (χ2n) is 8.58. The number of allylic oxidation sites excluding steroid dienone is 3. The molecule has 36 heavy (non-hydrogen) atoms. The van der Waals surface area contributed by atoms with Crippen LogP contribution in [0, 0.1) is 11.3 Å². The molecule has 1 unspecified atom stereocenters. The first-order chi connectivity index (χ1) is 17.6. The highest BCUT2D eigenvalue weighted by Gasteiger charge is 2.40. The van der Waals surface area contributed by atoms with Crippen LogP contribution in [0.1, 0.15) is 46.9 Å². The normalized spacial score (nSPS) is 17.5. The van der Waals surface area contributed by atoms with E-state index >= 15 is 0 Å². The van der Waals surface area contributed by atoms with E-state index in [-0.39, 0.29) is 22.9 Å². The number of hydrazine groups is 1. The number of hydrogen-bond acceptors (Lipinski definition) is 7. The third-order valence-electron chi connectivity index (χ3n) is 6.33. The van der Waals surface area contributed by atoms with E-state index in [1.165, 1.54) is 17.3 Å². The van der Waals surface area contributed by atoms with Gasteiger partial charge in [-0.25, -0.2) is 5.01 Å². The van der Waals surface area contributed by atoms with Crippen molar-refractivity contribution >= 4 is 11.7 Å². The molecule has 5 rings (SSSR count). The van der Waals surface area contributed by atoms with E-state index in [1.807, 2.05) is 54.6 Å². The zero-order valence-corrected chi connectivity index (χ0v) is 19.4. The van der Waals surface area contributed by atoms with Crippen LogP contribution >= 0.6 is 0 Å². The molecule has 0 bridgehead atoms. The largest absolute Gasteiger partial charge is 0.489 e. The number of carbonyl (C=O) groups is 2. The number of nitrogens with zero attached hydrogens (tertiary/aromatic N) is 2. The standard InChI is InChI=1S/C28H24N4O4/c29-16-21-25(19-11-13-20(14-12-19)36-17-18-6-2-1-3-7-18)26-22(8-4-9-23(26)33)32(27(21)30)31-28(34)24-10-5-15-35-24/h1-3,5-7,10-15,25H,4,8-9,17,30H2,(H,31,34). The van der Waals surface area contributed by atoms with Crippen molar-refractivity contribution in [2.45, 2.75) is 31.8 Å². The molecule has 0 fully saturated rings. The highest BCUT2D eigenvalue weighted by atomic mass is 16.5. The highest BCUT2D eigenvalue weighted by Crippen LogP contribution is 2.44. The predicted octanol–water partition coefficient (Wildman–Crippen LogP) is 4.30. The molecule has 2 aromatic carbocycles. The molecule has 1 aromatic heterocycles. The van der Waals surface area contributed by atoms with Crippen molar-refractivity contribution < 1.29 is 18.7 Å². The zero-order chi connectivity index (χ0) is 25.1. The third-order valence-corrected chi connectivity index (χ3v) is 6.33. The second-order valence-corrected chi connectivity index (χ2v) is 8.58. The van der Waals surface area contributed by atoms with Crippen molar-refractivity contribution in [3.05, 3.63) is 113 Å². The molecule has 2 heterocycles. The SMILES string of the molecule is N#CC1=C(N)N(NC(=O)c2ccco2)C2=C(C(=O)CCC2)C1c1ccc(OCc2ccccc2)cc1. The molecular weight excluding hydrogens is 456 g/mol. The minimum absolute atomic E-state index is 0.0665. The molecule has 0 saturated heterocycles. The summed E-state index contributed by atoms with van der Waals surface area (Å²) in [5.41, 5.74) is 12.2. The molecule has 0 saturated carbocycles. The summed E-state index contributed by atoms with van der Waals surface area (Å²) in [7, 11) is 0. The predicted molar refractivity (Wildman–Crippen MR) is 131 cm³/mol. The van der Waals surface area contributed by atoms with Gasteiger partial charge < -0.3 is 14.9 Å². The average molecular weight is 481 g/mol. The van der Waals surface area contributed by atoms with Crippen molar-refractivity contribution in [3.8, 4) is 11.8 Å². The van der Waals surface area contributed by atoms with Crippen molar-refractivity contribution in [2.24, 2.45) is 5.73 Å². The summed E-state index contributed by atoms with van der Waals surface area (Å²) in [5, 5.41) is 11.4. The first-order valence-electron chi connectivity index (χ1n) is 11.6. The van der Waals surface area contributed by atoms with Crippen LogP contribution in [-0.4, -0.2) is 16.7 Å². The van der Waals surface area contributed by atoms with Crippen LogP contribution in [0.5, 0.6) is 5.75 Å². The van der Waals surface area contributed by atoms with E-state index < -0.39 is 11.8 Å². The summed E-state index contributed by atoms with van der Waals surface area (Å²) < 4.78 is 11.1. The molecule has 1 atom stereocenters. The second kappa shape index (κ2) is 9.84. The van der Waals surface area contributed by atoms with Crippen molar-refractivity contribution in [1.29, 1.82) is 5.26 Å². The topological polar surface area (TPSA) is 122 Å². The van der Waals surface area contributed by atoms with Gasteiger partial charge in [0.25, 0.3) is 0 Å². The number of furan rings is 1. The van der Waals surface area contributed by atoms with Gasteiger partial charge in [-0.05, 0) is 48.2 Å². The lowest BCUT2D eigenvalue weighted by atomic mass is 9.76. The van der Waals surface area contributed by atoms with Gasteiger partial charge in [-0.3, -0.25) is 15.0 Å². The van der Waals surface area contributed by atoms with Gasteiger partial charge in [-0.2, -0.15) is 5.26 Å². The number of nitrogens with one attached hydrogen (secondary N) is 1. The fraction of sp³-hybridized carbons (Fsp3) is 0.179. The lowest BCUT2D eigenvalue weighted by molar-refractivity contribution is -0.116. The summed E-state index contributed by atoms with van der Waals surface area (Å²) in [6.07, 6.45) is 2.92. The third kappa shape index (κ3) is 4.34. The van der Waals surface area contributed by atoms with Crippen molar-refractivity contribution in [2.75, 3.05) is 0 Å². The Morgan fingerprint density at radius 3 is 2.58 bits per heavy atom. The lowest BCUT2D eigenvalue weighted by Crippen LogP contribution is -2.48. The summed E-state index contributed by atoms with van der Waals surface area (Å²) >= 11 is 0. The summed E-state index contributed by atoms with van der Waals surface area (Å²) in [5.74, 6) is -0.367. The van der Waals surface area contributed by atoms with Gasteiger partial charge in [0.05, 0.1) is 23.8 Å². The molecule has 1 amide bonds. The van der Waals surface area contributed by atoms with Crippen LogP contribution in [-0.2, 0) is 11.4 Å². The van der Waals surface area contributed by atoms with Crippen LogP contribution in [0.2, 0.25) is 0 Å². The van der Waals surface area contributed by atoms with Crippen molar-refractivity contribution in [3.63, 3.8) is 0 Å². The Kier molecular flexibility index (Phi) is 6.29. The Balaban J connectivity index is 1.46. The Morgan fingerprint density at radius 2 is 1.89 bits per heavy atom. The maximum atomic E-state index is 13.2. The Labute approximate surface area is 208 Å². The maximum Gasteiger partial charge on any atom is 0.305 e. The van der Waals surface area contributed by atoms with Gasteiger partial charge in [0.15, 0.2) is 11.5 Å². The van der Waals surface area contributed by atoms with E-state index in [0.29, 0.717) is 42.9 Å². The minimum atomic E-state index is -0.627. The van der Waals surface area contributed by atoms with Gasteiger partial charge in [0.1, 0.15) is 18.2 Å². The minimum Gasteiger partial charge on any atom is -0.489 e. The van der Waals surface area contributed by atoms with E-state index in [0.717, 1.165) is 11.1 Å². The molecule has 3 aromatic rings. The number of nitriles is 1. The van der Waals surface area contributed by atoms with Gasteiger partial charge in [0.2, 0.25) is 0 Å². The number of ether oxygens (including phenoxy) is 1. The number of nitrogens with two attached hydrogens (primary N) is 1. The van der Waals surface area contributed by atoms with Crippen LogP contribution in [0.3, 0.4) is 0 Å². The quantitative estimate of drug-likeness (QED) is 0.539. The molecular formula is C28H24N4O4. The monoisotopic (exact) mass is 480 g/mol. The van der Waals surface area contributed by atoms with Crippen LogP contribution in [0.25, 0.3) is 0 Å². The summed E-state index contributed by atoms with van der Waals surface area (Å²) in [4.78, 5) is 25.8. The fourth-order valence-corrected chi connectivity index (χ4v) is 4.61. The molecule has 3 N–H and O–H groups in total. The number of amides is 1. The number of ketones is 1. The first kappa shape index (κ1) is 23.0. The first-order valence-corrected chi connectivity index (χ1v) is 11.6. The lowest BCUT2D eigenvalue weighted by Gasteiger charge is -2.39. The van der Waals surface area contributed by atoms with Crippen molar-refractivity contribution in [1.82, 2.24) is 10.4 Å². The number of carbonyl (C=O) groups excluding carboxylic acids is 2. The van der Waals surface area contributed by atoms with E-state index in [4.69, 9.17) is 14.9 Å². The Bertz CT molecular complexity index is 1380. The van der Waals surface area contributed by atoms with Gasteiger partial charge in [-0.15, -0.1) is 0 Å². The molecule has 2 aliphatic rings. The van der Waals surface area contributed by atoms with Gasteiger partial charge >= 0.3 is 5.91 Å². The summed E-state index contributed by atoms with van der Waals surface area (Å²) in [6.45, 7) is 0.429. The maximum absolute atomic E-state index is 13.2. The number of Topliss-reactive ketones (excluding diaryl/α,β-unsaturated/α-hetero) is 1. The Hall–Kier alpha value is -4.77. The van der Waals surface area contributed by atoms with Gasteiger partial charge in [-0.1, -0.05) is 42.5 Å². The number of hydrogen-bond donors (Lipinski definition) is 2. The molecule has 1 aliphatic heterocycles. The number of benzene rings is 2. The van der Waals surface area contributed by atoms with Crippen LogP contribution in [0.4, 0.5) is 0 Å². The zero-order valence-electron chi connectivity index (χ0n) is 19.4. The fourth-order valence-electron chi connectivity index (χ4n) is 4.61. The van der Waals surface area contributed by atoms with Crippen LogP contribution in [0.15, 0.2) is 100 Å². The van der Waals surface area contributed by atoms with E-state index in [1.54, 1.807) is 6.07 Å². The number of rotatable bonds is 6. The average Bonchev–Trinajstić information content (AvgIpc) is 3.45.